The third-order valence-electron chi connectivity index (χ3n) is 15.6. The van der Waals surface area contributed by atoms with Gasteiger partial charge in [0.15, 0.2) is 0 Å². The summed E-state index contributed by atoms with van der Waals surface area (Å²) in [7, 11) is 0. The van der Waals surface area contributed by atoms with E-state index in [-0.39, 0.29) is 21.7 Å². The van der Waals surface area contributed by atoms with Gasteiger partial charge in [0.2, 0.25) is 0 Å². The van der Waals surface area contributed by atoms with Crippen molar-refractivity contribution in [2.75, 3.05) is 16.5 Å². The smallest absolute Gasteiger partial charge is 0.137 e. The molecule has 0 atom stereocenters. The van der Waals surface area contributed by atoms with Gasteiger partial charge >= 0.3 is 0 Å². The minimum absolute atomic E-state index is 0.0261. The first-order valence-corrected chi connectivity index (χ1v) is 26.4. The van der Waals surface area contributed by atoms with Gasteiger partial charge in [-0.1, -0.05) is 203 Å². The van der Waals surface area contributed by atoms with Crippen molar-refractivity contribution < 1.29 is 4.74 Å². The highest BCUT2D eigenvalue weighted by atomic mass is 16.5. The van der Waals surface area contributed by atoms with Crippen LogP contribution >= 0.6 is 0 Å². The maximum absolute atomic E-state index is 7.14. The van der Waals surface area contributed by atoms with Gasteiger partial charge < -0.3 is 14.5 Å². The van der Waals surface area contributed by atoms with E-state index in [1.807, 2.05) is 6.20 Å². The second kappa shape index (κ2) is 19.0. The third kappa shape index (κ3) is 9.53. The van der Waals surface area contributed by atoms with Gasteiger partial charge in [0, 0.05) is 57.5 Å². The molecule has 0 spiro atoms. The summed E-state index contributed by atoms with van der Waals surface area (Å²) in [6, 6.07) is 74.7. The lowest BCUT2D eigenvalue weighted by Crippen LogP contribution is -2.27. The molecule has 1 aliphatic heterocycles. The topological polar surface area (TPSA) is 33.5 Å². The summed E-state index contributed by atoms with van der Waals surface area (Å²) in [5, 5.41) is 2.31. The van der Waals surface area contributed by atoms with Crippen LogP contribution in [0.15, 0.2) is 219 Å². The van der Waals surface area contributed by atoms with Gasteiger partial charge in [0.05, 0.1) is 23.4 Å². The molecule has 5 heteroatoms. The Hall–Kier alpha value is -8.15. The number of fused-ring (bicyclic) bond motifs is 3. The van der Waals surface area contributed by atoms with Gasteiger partial charge in [0.1, 0.15) is 17.3 Å². The summed E-state index contributed by atoms with van der Waals surface area (Å²) in [5.41, 5.74) is 15.9. The fraction of sp³-hybridized carbons (Fsp3) is 0.214. The number of anilines is 2. The molecule has 8 aromatic carbocycles. The molecule has 0 aliphatic carbocycles. The molecule has 10 aromatic rings. The highest BCUT2D eigenvalue weighted by Gasteiger charge is 2.30. The van der Waals surface area contributed by atoms with E-state index in [0.29, 0.717) is 6.67 Å². The van der Waals surface area contributed by atoms with E-state index in [2.05, 4.69) is 296 Å². The molecule has 1 aliphatic rings. The van der Waals surface area contributed by atoms with Crippen molar-refractivity contribution in [3.8, 4) is 28.4 Å². The normalized spacial score (nSPS) is 13.4. The van der Waals surface area contributed by atoms with E-state index in [0.717, 1.165) is 61.8 Å². The maximum atomic E-state index is 7.14. The molecule has 0 N–H and O–H groups in total. The average molecular weight is 981 g/mol. The Bertz CT molecular complexity index is 3690. The molecule has 3 heterocycles. The Kier molecular flexibility index (Phi) is 12.4. The average Bonchev–Trinajstić information content (AvgIpc) is 4.01. The second-order valence-corrected chi connectivity index (χ2v) is 23.5. The molecule has 0 saturated carbocycles. The standard InChI is InChI=1S/C70H68N4O/c1-67(2,3)55-39-56(68(4,5)6)41-58(40-55)73-47-72(46-65(73)49-25-17-12-18-26-49)57-37-50(48-23-15-11-16-24-48)38-60(44-57)75-59-32-33-61-62-42-53(69(7,8)51-27-19-13-20-28-51)31-34-63(62)74(64(61)45-59)66-43-54(35-36-71-66)70(9,10)52-29-21-14-22-30-52/h11-46H,47H2,1-10H3. The van der Waals surface area contributed by atoms with Crippen molar-refractivity contribution in [1.82, 2.24) is 9.55 Å². The van der Waals surface area contributed by atoms with Crippen LogP contribution < -0.4 is 14.5 Å². The van der Waals surface area contributed by atoms with Crippen LogP contribution in [0.3, 0.4) is 0 Å². The predicted octanol–water partition coefficient (Wildman–Crippen LogP) is 18.2. The number of hydrogen-bond donors (Lipinski definition) is 0. The molecular formula is C70H68N4O. The van der Waals surface area contributed by atoms with Crippen LogP contribution in [-0.2, 0) is 21.7 Å². The summed E-state index contributed by atoms with van der Waals surface area (Å²) in [5.74, 6) is 2.35. The fourth-order valence-electron chi connectivity index (χ4n) is 10.7. The first-order chi connectivity index (χ1) is 35.9. The van der Waals surface area contributed by atoms with E-state index in [1.54, 1.807) is 0 Å². The monoisotopic (exact) mass is 981 g/mol. The number of rotatable bonds is 11. The van der Waals surface area contributed by atoms with Gasteiger partial charge in [-0.25, -0.2) is 4.98 Å². The zero-order valence-electron chi connectivity index (χ0n) is 45.2. The quantitative estimate of drug-likeness (QED) is 0.129. The van der Waals surface area contributed by atoms with Crippen molar-refractivity contribution in [1.29, 1.82) is 0 Å². The van der Waals surface area contributed by atoms with Crippen LogP contribution in [0.25, 0.3) is 44.4 Å². The van der Waals surface area contributed by atoms with Crippen LogP contribution in [0.2, 0.25) is 0 Å². The predicted molar refractivity (Wildman–Crippen MR) is 316 cm³/mol. The highest BCUT2D eigenvalue weighted by Crippen LogP contribution is 2.44. The van der Waals surface area contributed by atoms with Gasteiger partial charge in [-0.05, 0) is 122 Å². The summed E-state index contributed by atoms with van der Waals surface area (Å²) in [6.45, 7) is 23.7. The fourth-order valence-corrected chi connectivity index (χ4v) is 10.7. The van der Waals surface area contributed by atoms with Crippen LogP contribution in [0.5, 0.6) is 11.5 Å². The van der Waals surface area contributed by atoms with Gasteiger partial charge in [-0.2, -0.15) is 0 Å². The number of benzene rings is 8. The van der Waals surface area contributed by atoms with Crippen LogP contribution in [0, 0.1) is 0 Å². The maximum Gasteiger partial charge on any atom is 0.137 e. The molecule has 0 saturated heterocycles. The van der Waals surface area contributed by atoms with Gasteiger partial charge in [-0.15, -0.1) is 0 Å². The number of hydrogen-bond acceptors (Lipinski definition) is 4. The van der Waals surface area contributed by atoms with Crippen LogP contribution in [0.4, 0.5) is 11.4 Å². The Morgan fingerprint density at radius 2 is 0.973 bits per heavy atom. The molecule has 2 aromatic heterocycles. The van der Waals surface area contributed by atoms with Crippen LogP contribution in [-0.4, -0.2) is 16.2 Å². The first-order valence-electron chi connectivity index (χ1n) is 26.4. The minimum Gasteiger partial charge on any atom is -0.457 e. The first kappa shape index (κ1) is 49.1. The Labute approximate surface area is 444 Å². The summed E-state index contributed by atoms with van der Waals surface area (Å²) >= 11 is 0. The molecule has 11 rings (SSSR count). The van der Waals surface area contributed by atoms with Gasteiger partial charge in [-0.3, -0.25) is 4.57 Å². The number of nitrogens with zero attached hydrogens (tertiary/aromatic N) is 4. The Balaban J connectivity index is 1.04. The largest absolute Gasteiger partial charge is 0.457 e. The molecule has 374 valence electrons. The summed E-state index contributed by atoms with van der Waals surface area (Å²) in [4.78, 5) is 9.96. The van der Waals surface area contributed by atoms with E-state index in [4.69, 9.17) is 9.72 Å². The van der Waals surface area contributed by atoms with E-state index in [9.17, 15) is 0 Å². The number of pyridine rings is 1. The molecule has 0 unspecified atom stereocenters. The lowest BCUT2D eigenvalue weighted by Gasteiger charge is -2.30. The molecule has 0 amide bonds. The molecule has 0 bridgehead atoms. The molecule has 5 nitrogen and oxygen atoms in total. The molecule has 0 radical (unpaired) electrons. The van der Waals surface area contributed by atoms with Crippen molar-refractivity contribution >= 4 is 38.9 Å². The second-order valence-electron chi connectivity index (χ2n) is 23.5. The minimum atomic E-state index is -0.254. The van der Waals surface area contributed by atoms with E-state index in [1.165, 1.54) is 44.5 Å². The molecule has 75 heavy (non-hydrogen) atoms. The lowest BCUT2D eigenvalue weighted by molar-refractivity contribution is 0.483. The Morgan fingerprint density at radius 1 is 0.400 bits per heavy atom. The third-order valence-corrected chi connectivity index (χ3v) is 15.6. The van der Waals surface area contributed by atoms with Crippen LogP contribution in [0.1, 0.15) is 108 Å². The summed E-state index contributed by atoms with van der Waals surface area (Å²) < 4.78 is 9.46. The Morgan fingerprint density at radius 3 is 1.57 bits per heavy atom. The van der Waals surface area contributed by atoms with Crippen molar-refractivity contribution in [2.24, 2.45) is 0 Å². The van der Waals surface area contributed by atoms with E-state index >= 15 is 0 Å². The highest BCUT2D eigenvalue weighted by molar-refractivity contribution is 6.10. The van der Waals surface area contributed by atoms with Gasteiger partial charge in [0.25, 0.3) is 0 Å². The summed E-state index contributed by atoms with van der Waals surface area (Å²) in [6.07, 6.45) is 4.26. The lowest BCUT2D eigenvalue weighted by atomic mass is 9.78. The van der Waals surface area contributed by atoms with Crippen molar-refractivity contribution in [3.63, 3.8) is 0 Å². The molecule has 0 fully saturated rings. The van der Waals surface area contributed by atoms with E-state index < -0.39 is 0 Å². The zero-order valence-corrected chi connectivity index (χ0v) is 45.2. The number of ether oxygens (including phenoxy) is 1. The zero-order chi connectivity index (χ0) is 52.3. The molecular weight excluding hydrogens is 913 g/mol. The van der Waals surface area contributed by atoms with Crippen molar-refractivity contribution in [3.05, 3.63) is 258 Å². The van der Waals surface area contributed by atoms with Crippen molar-refractivity contribution in [2.45, 2.75) is 90.9 Å². The number of aromatic nitrogens is 2. The SMILES string of the molecule is CC(C)(C)c1cc(N2CN(c3cc(Oc4ccc5c6cc(C(C)(C)c7ccccc7)ccc6n(-c6cc(C(C)(C)c7ccccc7)ccn6)c5c4)cc(-c4ccccc4)c3)C=C2c2ccccc2)cc(C(C)(C)C)c1.